The first-order chi connectivity index (χ1) is 10.9. The summed E-state index contributed by atoms with van der Waals surface area (Å²) in [6.07, 6.45) is 2.87. The summed E-state index contributed by atoms with van der Waals surface area (Å²) in [5, 5.41) is 24.4. The van der Waals surface area contributed by atoms with E-state index < -0.39 is 17.4 Å². The van der Waals surface area contributed by atoms with Crippen LogP contribution >= 0.6 is 0 Å². The third-order valence-corrected chi connectivity index (χ3v) is 3.62. The van der Waals surface area contributed by atoms with Crippen LogP contribution in [0.5, 0.6) is 0 Å². The Kier molecular flexibility index (Phi) is 7.49. The number of aliphatic hydroxyl groups is 1. The van der Waals surface area contributed by atoms with E-state index in [0.717, 1.165) is 12.8 Å². The molecule has 5 nitrogen and oxygen atoms in total. The molecule has 0 aliphatic carbocycles. The number of hydrogen-bond acceptors (Lipinski definition) is 3. The Morgan fingerprint density at radius 3 is 2.52 bits per heavy atom. The smallest absolute Gasteiger partial charge is 0.315 e. The maximum absolute atomic E-state index is 13.6. The van der Waals surface area contributed by atoms with Crippen molar-refractivity contribution in [1.82, 2.24) is 10.6 Å². The van der Waals surface area contributed by atoms with Crippen molar-refractivity contribution in [1.29, 1.82) is 5.26 Å². The zero-order valence-corrected chi connectivity index (χ0v) is 13.7. The third-order valence-electron chi connectivity index (χ3n) is 3.62. The first-order valence-electron chi connectivity index (χ1n) is 7.86. The Labute approximate surface area is 136 Å². The van der Waals surface area contributed by atoms with Gasteiger partial charge in [-0.25, -0.2) is 9.18 Å². The predicted molar refractivity (Wildman–Crippen MR) is 86.1 cm³/mol. The SMILES string of the molecule is CCCC(O)(CCC)CNC(=O)NCc1cc(C#N)ccc1F. The molecule has 1 aromatic carbocycles. The predicted octanol–water partition coefficient (Wildman–Crippen LogP) is 2.83. The number of benzene rings is 1. The number of carbonyl (C=O) groups is 1. The van der Waals surface area contributed by atoms with Crippen LogP contribution in [0.2, 0.25) is 0 Å². The molecule has 1 aromatic rings. The van der Waals surface area contributed by atoms with E-state index in [4.69, 9.17) is 5.26 Å². The summed E-state index contributed by atoms with van der Waals surface area (Å²) >= 11 is 0. The van der Waals surface area contributed by atoms with Gasteiger partial charge in [-0.05, 0) is 31.0 Å². The Morgan fingerprint density at radius 2 is 1.96 bits per heavy atom. The van der Waals surface area contributed by atoms with Crippen LogP contribution in [0.4, 0.5) is 9.18 Å². The topological polar surface area (TPSA) is 85.2 Å². The highest BCUT2D eigenvalue weighted by Crippen LogP contribution is 2.18. The third kappa shape index (κ3) is 6.25. The van der Waals surface area contributed by atoms with Gasteiger partial charge in [0, 0.05) is 18.7 Å². The summed E-state index contributed by atoms with van der Waals surface area (Å²) < 4.78 is 13.6. The molecule has 0 atom stereocenters. The van der Waals surface area contributed by atoms with E-state index in [0.29, 0.717) is 18.4 Å². The van der Waals surface area contributed by atoms with Crippen LogP contribution in [-0.4, -0.2) is 23.3 Å². The average Bonchev–Trinajstić information content (AvgIpc) is 2.53. The van der Waals surface area contributed by atoms with Crippen LogP contribution < -0.4 is 10.6 Å². The minimum absolute atomic E-state index is 0.0207. The number of nitriles is 1. The van der Waals surface area contributed by atoms with E-state index in [9.17, 15) is 14.3 Å². The highest BCUT2D eigenvalue weighted by atomic mass is 19.1. The maximum atomic E-state index is 13.6. The van der Waals surface area contributed by atoms with Gasteiger partial charge in [0.15, 0.2) is 0 Å². The van der Waals surface area contributed by atoms with E-state index >= 15 is 0 Å². The average molecular weight is 321 g/mol. The molecule has 0 fully saturated rings. The standard InChI is InChI=1S/C17H24FN3O2/c1-3-7-17(23,8-4-2)12-21-16(22)20-11-14-9-13(10-19)5-6-15(14)18/h5-6,9,23H,3-4,7-8,11-12H2,1-2H3,(H2,20,21,22). The summed E-state index contributed by atoms with van der Waals surface area (Å²) in [5.74, 6) is -0.474. The fourth-order valence-corrected chi connectivity index (χ4v) is 2.50. The lowest BCUT2D eigenvalue weighted by Crippen LogP contribution is -2.46. The highest BCUT2D eigenvalue weighted by Gasteiger charge is 2.25. The van der Waals surface area contributed by atoms with E-state index in [1.54, 1.807) is 0 Å². The summed E-state index contributed by atoms with van der Waals surface area (Å²) in [6, 6.07) is 5.44. The first-order valence-corrected chi connectivity index (χ1v) is 7.86. The van der Waals surface area contributed by atoms with E-state index in [-0.39, 0.29) is 18.7 Å². The molecule has 0 aliphatic rings. The minimum atomic E-state index is -0.910. The van der Waals surface area contributed by atoms with Crippen LogP contribution in [0.15, 0.2) is 18.2 Å². The van der Waals surface area contributed by atoms with Gasteiger partial charge in [0.25, 0.3) is 0 Å². The molecule has 1 rings (SSSR count). The van der Waals surface area contributed by atoms with Gasteiger partial charge in [-0.2, -0.15) is 5.26 Å². The van der Waals surface area contributed by atoms with Gasteiger partial charge in [-0.15, -0.1) is 0 Å². The van der Waals surface area contributed by atoms with E-state index in [1.165, 1.54) is 18.2 Å². The number of amides is 2. The van der Waals surface area contributed by atoms with Crippen LogP contribution in [-0.2, 0) is 6.54 Å². The molecule has 0 bridgehead atoms. The minimum Gasteiger partial charge on any atom is -0.388 e. The van der Waals surface area contributed by atoms with Crippen LogP contribution in [0.3, 0.4) is 0 Å². The van der Waals surface area contributed by atoms with Crippen LogP contribution in [0.25, 0.3) is 0 Å². The van der Waals surface area contributed by atoms with Gasteiger partial charge in [0.2, 0.25) is 0 Å². The molecule has 23 heavy (non-hydrogen) atoms. The van der Waals surface area contributed by atoms with Gasteiger partial charge in [0.1, 0.15) is 5.82 Å². The molecule has 6 heteroatoms. The van der Waals surface area contributed by atoms with Crippen molar-refractivity contribution in [3.8, 4) is 6.07 Å². The van der Waals surface area contributed by atoms with Crippen molar-refractivity contribution in [3.63, 3.8) is 0 Å². The quantitative estimate of drug-likeness (QED) is 0.688. The molecule has 3 N–H and O–H groups in total. The Morgan fingerprint density at radius 1 is 1.30 bits per heavy atom. The summed E-state index contributed by atoms with van der Waals surface area (Å²) in [4.78, 5) is 11.8. The zero-order chi connectivity index (χ0) is 17.3. The van der Waals surface area contributed by atoms with Crippen molar-refractivity contribution < 1.29 is 14.3 Å². The van der Waals surface area contributed by atoms with Gasteiger partial charge in [0.05, 0.1) is 17.2 Å². The van der Waals surface area contributed by atoms with Crippen molar-refractivity contribution in [3.05, 3.63) is 35.1 Å². The van der Waals surface area contributed by atoms with Gasteiger partial charge in [-0.3, -0.25) is 0 Å². The Bertz CT molecular complexity index is 563. The second-order valence-electron chi connectivity index (χ2n) is 5.68. The molecule has 0 saturated carbocycles. The molecule has 0 spiro atoms. The number of nitrogens with one attached hydrogen (secondary N) is 2. The van der Waals surface area contributed by atoms with Crippen LogP contribution in [0.1, 0.15) is 50.7 Å². The lowest BCUT2D eigenvalue weighted by molar-refractivity contribution is 0.0241. The number of carbonyl (C=O) groups excluding carboxylic acids is 1. The first kappa shape index (κ1) is 18.9. The van der Waals surface area contributed by atoms with Gasteiger partial charge < -0.3 is 15.7 Å². The van der Waals surface area contributed by atoms with Gasteiger partial charge >= 0.3 is 6.03 Å². The Balaban J connectivity index is 2.53. The number of hydrogen-bond donors (Lipinski definition) is 3. The molecule has 0 unspecified atom stereocenters. The summed E-state index contributed by atoms with van der Waals surface area (Å²) in [5.41, 5.74) is -0.326. The molecule has 0 saturated heterocycles. The monoisotopic (exact) mass is 321 g/mol. The normalized spacial score (nSPS) is 10.9. The summed E-state index contributed by atoms with van der Waals surface area (Å²) in [6.45, 7) is 4.09. The molecule has 126 valence electrons. The van der Waals surface area contributed by atoms with Crippen molar-refractivity contribution in [2.75, 3.05) is 6.54 Å². The largest absolute Gasteiger partial charge is 0.388 e. The lowest BCUT2D eigenvalue weighted by Gasteiger charge is -2.27. The van der Waals surface area contributed by atoms with Crippen molar-refractivity contribution in [2.45, 2.75) is 51.7 Å². The molecular formula is C17H24FN3O2. The second kappa shape index (κ2) is 9.11. The summed E-state index contributed by atoms with van der Waals surface area (Å²) in [7, 11) is 0. The number of halogens is 1. The lowest BCUT2D eigenvalue weighted by atomic mass is 9.93. The maximum Gasteiger partial charge on any atom is 0.315 e. The van der Waals surface area contributed by atoms with Crippen molar-refractivity contribution >= 4 is 6.03 Å². The molecule has 0 aliphatic heterocycles. The second-order valence-corrected chi connectivity index (χ2v) is 5.68. The Hall–Kier alpha value is -2.13. The fraction of sp³-hybridized carbons (Fsp3) is 0.529. The highest BCUT2D eigenvalue weighted by molar-refractivity contribution is 5.73. The van der Waals surface area contributed by atoms with Crippen molar-refractivity contribution in [2.24, 2.45) is 0 Å². The molecule has 0 aromatic heterocycles. The van der Waals surface area contributed by atoms with E-state index in [1.807, 2.05) is 19.9 Å². The molecule has 0 heterocycles. The number of rotatable bonds is 8. The molecule has 2 amide bonds. The van der Waals surface area contributed by atoms with Gasteiger partial charge in [-0.1, -0.05) is 26.7 Å². The zero-order valence-electron chi connectivity index (χ0n) is 13.7. The van der Waals surface area contributed by atoms with E-state index in [2.05, 4.69) is 10.6 Å². The molecular weight excluding hydrogens is 297 g/mol. The number of nitrogens with zero attached hydrogens (tertiary/aromatic N) is 1. The molecule has 0 radical (unpaired) electrons. The van der Waals surface area contributed by atoms with Crippen LogP contribution in [0, 0.1) is 17.1 Å². The number of urea groups is 1. The fourth-order valence-electron chi connectivity index (χ4n) is 2.50.